The molecule has 6 nitrogen and oxygen atoms in total. The van der Waals surface area contributed by atoms with Gasteiger partial charge in [-0.2, -0.15) is 0 Å². The fraction of sp³-hybridized carbons (Fsp3) is 0.118. The first-order chi connectivity index (χ1) is 12.1. The van der Waals surface area contributed by atoms with Crippen LogP contribution in [0, 0.1) is 5.82 Å². The highest BCUT2D eigenvalue weighted by Gasteiger charge is 2.15. The maximum atomic E-state index is 13.2. The molecular weight excluding hydrogens is 391 g/mol. The lowest BCUT2D eigenvalue weighted by molar-refractivity contribution is 0.292. The summed E-state index contributed by atoms with van der Waals surface area (Å²) in [5.74, 6) is 1.11. The SMILES string of the molecule is Cn1c(=O)c2ccccc2n2c(COc3ccc(F)cc3Br)nnc12. The van der Waals surface area contributed by atoms with E-state index in [2.05, 4.69) is 26.1 Å². The van der Waals surface area contributed by atoms with E-state index in [1.54, 1.807) is 17.5 Å². The molecular formula is C17H12BrFN4O2. The Balaban J connectivity index is 1.82. The maximum absolute atomic E-state index is 13.2. The number of halogens is 2. The van der Waals surface area contributed by atoms with Crippen molar-refractivity contribution < 1.29 is 9.13 Å². The number of aryl methyl sites for hydroxylation is 1. The summed E-state index contributed by atoms with van der Waals surface area (Å²) in [6, 6.07) is 11.4. The van der Waals surface area contributed by atoms with Gasteiger partial charge in [-0.25, -0.2) is 4.39 Å². The number of rotatable bonds is 3. The number of hydrogen-bond acceptors (Lipinski definition) is 4. The number of para-hydroxylation sites is 1. The van der Waals surface area contributed by atoms with Crippen molar-refractivity contribution in [1.82, 2.24) is 19.2 Å². The second-order valence-electron chi connectivity index (χ2n) is 5.50. The van der Waals surface area contributed by atoms with Gasteiger partial charge < -0.3 is 4.74 Å². The quantitative estimate of drug-likeness (QED) is 0.528. The summed E-state index contributed by atoms with van der Waals surface area (Å²) < 4.78 is 22.7. The smallest absolute Gasteiger partial charge is 0.262 e. The molecule has 25 heavy (non-hydrogen) atoms. The first-order valence-corrected chi connectivity index (χ1v) is 8.25. The summed E-state index contributed by atoms with van der Waals surface area (Å²) >= 11 is 3.27. The number of ether oxygens (including phenoxy) is 1. The number of aromatic nitrogens is 4. The Kier molecular flexibility index (Phi) is 3.76. The van der Waals surface area contributed by atoms with Crippen LogP contribution in [0.25, 0.3) is 16.7 Å². The second kappa shape index (κ2) is 5.96. The predicted octanol–water partition coefficient (Wildman–Crippen LogP) is 3.06. The van der Waals surface area contributed by atoms with Gasteiger partial charge in [0.1, 0.15) is 18.2 Å². The van der Waals surface area contributed by atoms with Crippen LogP contribution >= 0.6 is 15.9 Å². The Bertz CT molecular complexity index is 1170. The first kappa shape index (κ1) is 15.8. The van der Waals surface area contributed by atoms with Gasteiger partial charge in [0.15, 0.2) is 5.82 Å². The highest BCUT2D eigenvalue weighted by molar-refractivity contribution is 9.10. The molecule has 0 unspecified atom stereocenters. The summed E-state index contributed by atoms with van der Waals surface area (Å²) in [7, 11) is 1.65. The van der Waals surface area contributed by atoms with Crippen LogP contribution in [0.1, 0.15) is 5.82 Å². The minimum atomic E-state index is -0.354. The number of benzene rings is 2. The maximum Gasteiger partial charge on any atom is 0.262 e. The fourth-order valence-electron chi connectivity index (χ4n) is 2.72. The summed E-state index contributed by atoms with van der Waals surface area (Å²) in [4.78, 5) is 12.4. The molecule has 0 spiro atoms. The summed E-state index contributed by atoms with van der Waals surface area (Å²) in [6.07, 6.45) is 0. The third kappa shape index (κ3) is 2.58. The summed E-state index contributed by atoms with van der Waals surface area (Å²) in [5, 5.41) is 8.82. The monoisotopic (exact) mass is 402 g/mol. The molecule has 0 aliphatic rings. The Labute approximate surface area is 149 Å². The van der Waals surface area contributed by atoms with E-state index in [0.29, 0.717) is 32.7 Å². The predicted molar refractivity (Wildman–Crippen MR) is 94.2 cm³/mol. The van der Waals surface area contributed by atoms with E-state index in [-0.39, 0.29) is 18.0 Å². The van der Waals surface area contributed by atoms with Crippen LogP contribution in [0.15, 0.2) is 51.7 Å². The van der Waals surface area contributed by atoms with Gasteiger partial charge in [0.05, 0.1) is 15.4 Å². The Morgan fingerprint density at radius 1 is 1.20 bits per heavy atom. The van der Waals surface area contributed by atoms with Crippen LogP contribution in [-0.4, -0.2) is 19.2 Å². The van der Waals surface area contributed by atoms with Gasteiger partial charge in [-0.1, -0.05) is 12.1 Å². The Morgan fingerprint density at radius 2 is 2.00 bits per heavy atom. The van der Waals surface area contributed by atoms with E-state index in [4.69, 9.17) is 4.74 Å². The third-order valence-corrected chi connectivity index (χ3v) is 4.56. The zero-order valence-corrected chi connectivity index (χ0v) is 14.7. The van der Waals surface area contributed by atoms with Crippen molar-refractivity contribution in [2.24, 2.45) is 7.05 Å². The van der Waals surface area contributed by atoms with Crippen molar-refractivity contribution in [3.8, 4) is 5.75 Å². The average Bonchev–Trinajstić information content (AvgIpc) is 3.03. The lowest BCUT2D eigenvalue weighted by Gasteiger charge is -2.09. The van der Waals surface area contributed by atoms with Crippen LogP contribution in [0.2, 0.25) is 0 Å². The molecule has 0 saturated heterocycles. The van der Waals surface area contributed by atoms with E-state index in [9.17, 15) is 9.18 Å². The fourth-order valence-corrected chi connectivity index (χ4v) is 3.19. The van der Waals surface area contributed by atoms with Crippen molar-refractivity contribution >= 4 is 32.6 Å². The highest BCUT2D eigenvalue weighted by atomic mass is 79.9. The minimum absolute atomic E-state index is 0.119. The van der Waals surface area contributed by atoms with Crippen LogP contribution in [0.4, 0.5) is 4.39 Å². The second-order valence-corrected chi connectivity index (χ2v) is 6.35. The summed E-state index contributed by atoms with van der Waals surface area (Å²) in [5.41, 5.74) is 0.576. The van der Waals surface area contributed by atoms with Crippen molar-refractivity contribution in [2.45, 2.75) is 6.61 Å². The van der Waals surface area contributed by atoms with E-state index >= 15 is 0 Å². The Hall–Kier alpha value is -2.74. The lowest BCUT2D eigenvalue weighted by atomic mass is 10.2. The van der Waals surface area contributed by atoms with Gasteiger partial charge >= 0.3 is 0 Å². The van der Waals surface area contributed by atoms with Crippen LogP contribution < -0.4 is 10.3 Å². The zero-order valence-electron chi connectivity index (χ0n) is 13.1. The van der Waals surface area contributed by atoms with Gasteiger partial charge in [-0.3, -0.25) is 13.8 Å². The molecule has 0 aliphatic carbocycles. The van der Waals surface area contributed by atoms with Crippen molar-refractivity contribution in [2.75, 3.05) is 0 Å². The molecule has 0 N–H and O–H groups in total. The van der Waals surface area contributed by atoms with E-state index in [0.717, 1.165) is 0 Å². The van der Waals surface area contributed by atoms with Gasteiger partial charge in [0.2, 0.25) is 5.78 Å². The summed E-state index contributed by atoms with van der Waals surface area (Å²) in [6.45, 7) is 0.119. The molecule has 4 rings (SSSR count). The number of fused-ring (bicyclic) bond motifs is 3. The Morgan fingerprint density at radius 3 is 2.80 bits per heavy atom. The molecule has 0 atom stereocenters. The van der Waals surface area contributed by atoms with Crippen molar-refractivity contribution in [1.29, 1.82) is 0 Å². The largest absolute Gasteiger partial charge is 0.484 e. The van der Waals surface area contributed by atoms with Gasteiger partial charge in [-0.05, 0) is 46.3 Å². The molecule has 0 bridgehead atoms. The van der Waals surface area contributed by atoms with Gasteiger partial charge in [0, 0.05) is 7.05 Å². The first-order valence-electron chi connectivity index (χ1n) is 7.46. The van der Waals surface area contributed by atoms with Gasteiger partial charge in [-0.15, -0.1) is 10.2 Å². The van der Waals surface area contributed by atoms with Crippen molar-refractivity contribution in [3.63, 3.8) is 0 Å². The molecule has 8 heteroatoms. The van der Waals surface area contributed by atoms with Crippen LogP contribution in [0.3, 0.4) is 0 Å². The topological polar surface area (TPSA) is 61.4 Å². The minimum Gasteiger partial charge on any atom is -0.484 e. The van der Waals surface area contributed by atoms with E-state index in [1.165, 1.54) is 22.8 Å². The van der Waals surface area contributed by atoms with Crippen molar-refractivity contribution in [3.05, 3.63) is 68.9 Å². The molecule has 2 aromatic carbocycles. The molecule has 0 radical (unpaired) electrons. The number of nitrogens with zero attached hydrogens (tertiary/aromatic N) is 4. The molecule has 0 aliphatic heterocycles. The highest BCUT2D eigenvalue weighted by Crippen LogP contribution is 2.26. The molecule has 0 saturated carbocycles. The molecule has 2 heterocycles. The van der Waals surface area contributed by atoms with Gasteiger partial charge in [0.25, 0.3) is 5.56 Å². The molecule has 4 aromatic rings. The van der Waals surface area contributed by atoms with Crippen LogP contribution in [-0.2, 0) is 13.7 Å². The molecule has 126 valence electrons. The molecule has 0 amide bonds. The lowest BCUT2D eigenvalue weighted by Crippen LogP contribution is -2.20. The standard InChI is InChI=1S/C17H12BrFN4O2/c1-22-16(24)11-4-2-3-5-13(11)23-15(20-21-17(22)23)9-25-14-7-6-10(19)8-12(14)18/h2-8H,9H2,1H3. The molecule has 0 fully saturated rings. The third-order valence-electron chi connectivity index (χ3n) is 3.94. The normalized spacial score (nSPS) is 11.3. The van der Waals surface area contributed by atoms with E-state index < -0.39 is 0 Å². The van der Waals surface area contributed by atoms with Crippen LogP contribution in [0.5, 0.6) is 5.75 Å². The number of hydrogen-bond donors (Lipinski definition) is 0. The average molecular weight is 403 g/mol. The van der Waals surface area contributed by atoms with E-state index in [1.807, 2.05) is 18.2 Å². The molecule has 2 aromatic heterocycles. The zero-order chi connectivity index (χ0) is 17.6.